The van der Waals surface area contributed by atoms with Gasteiger partial charge in [0.25, 0.3) is 0 Å². The fourth-order valence-corrected chi connectivity index (χ4v) is 4.69. The van der Waals surface area contributed by atoms with Gasteiger partial charge in [0.15, 0.2) is 0 Å². The number of fused-ring (bicyclic) bond motifs is 1. The quantitative estimate of drug-likeness (QED) is 0.788. The molecule has 3 heterocycles. The first-order valence-corrected chi connectivity index (χ1v) is 8.95. The summed E-state index contributed by atoms with van der Waals surface area (Å²) in [5.74, 6) is -2.07. The number of carbonyl (C=O) groups is 2. The Morgan fingerprint density at radius 3 is 2.87 bits per heavy atom. The minimum atomic E-state index is -1.11. The van der Waals surface area contributed by atoms with Gasteiger partial charge in [-0.15, -0.1) is 11.3 Å². The number of β-lactam (4-membered cyclic amide) rings is 1. The van der Waals surface area contributed by atoms with Crippen molar-refractivity contribution in [1.29, 1.82) is 0 Å². The number of aliphatic hydroxyl groups is 1. The van der Waals surface area contributed by atoms with Crippen molar-refractivity contribution >= 4 is 41.1 Å². The van der Waals surface area contributed by atoms with Gasteiger partial charge >= 0.3 is 5.97 Å². The number of aliphatic hydroxyl groups excluding tert-OH is 1. The minimum absolute atomic E-state index is 0.0392. The van der Waals surface area contributed by atoms with Gasteiger partial charge in [0, 0.05) is 16.2 Å². The van der Waals surface area contributed by atoms with Crippen LogP contribution in [0.2, 0.25) is 0 Å². The molecule has 23 heavy (non-hydrogen) atoms. The third kappa shape index (κ3) is 2.60. The van der Waals surface area contributed by atoms with Crippen LogP contribution in [0.5, 0.6) is 0 Å². The number of carbonyl (C=O) groups excluding carboxylic acids is 1. The number of thiazole rings is 1. The van der Waals surface area contributed by atoms with Crippen molar-refractivity contribution in [3.8, 4) is 0 Å². The Morgan fingerprint density at radius 2 is 2.30 bits per heavy atom. The lowest BCUT2D eigenvalue weighted by Gasteiger charge is -2.46. The van der Waals surface area contributed by atoms with Crippen LogP contribution in [0, 0.1) is 11.8 Å². The minimum Gasteiger partial charge on any atom is -0.477 e. The molecule has 0 aromatic carbocycles. The lowest BCUT2D eigenvalue weighted by molar-refractivity contribution is -0.163. The molecule has 1 aromatic heterocycles. The smallest absolute Gasteiger partial charge is 0.353 e. The molecule has 1 amide bonds. The molecule has 6 nitrogen and oxygen atoms in total. The summed E-state index contributed by atoms with van der Waals surface area (Å²) in [6, 6.07) is -0.274. The number of hydrogen-bond donors (Lipinski definition) is 2. The summed E-state index contributed by atoms with van der Waals surface area (Å²) in [5.41, 5.74) is 2.58. The molecule has 1 saturated heterocycles. The second-order valence-corrected chi connectivity index (χ2v) is 7.27. The largest absolute Gasteiger partial charge is 0.477 e. The van der Waals surface area contributed by atoms with Gasteiger partial charge in [-0.3, -0.25) is 4.79 Å². The molecule has 1 fully saturated rings. The molecule has 1 aromatic rings. The first-order chi connectivity index (χ1) is 10.9. The molecule has 0 aliphatic carbocycles. The number of rotatable bonds is 5. The standard InChI is InChI=1S/C15H16N2O4S2/c1-7-11-10(8(2)18)14(19)17(11)12(15(20)21)13(7)23-4-3-9-5-22-6-16-9/h3-8,10-11,18H,1-2H3,(H,20,21)/b4-3-/t7-,8-,10-,11-/m1/s1. The molecule has 2 aliphatic rings. The van der Waals surface area contributed by atoms with E-state index < -0.39 is 18.0 Å². The fourth-order valence-electron chi connectivity index (χ4n) is 3.16. The van der Waals surface area contributed by atoms with Crippen LogP contribution in [0.1, 0.15) is 19.5 Å². The average molecular weight is 352 g/mol. The Kier molecular flexibility index (Phi) is 4.31. The molecule has 0 spiro atoms. The van der Waals surface area contributed by atoms with Crippen molar-refractivity contribution < 1.29 is 19.8 Å². The molecule has 2 N–H and O–H groups in total. The zero-order valence-electron chi connectivity index (χ0n) is 12.5. The molecule has 0 unspecified atom stereocenters. The molecule has 0 saturated carbocycles. The Balaban J connectivity index is 1.85. The molecule has 122 valence electrons. The van der Waals surface area contributed by atoms with Gasteiger partial charge in [-0.1, -0.05) is 18.7 Å². The highest BCUT2D eigenvalue weighted by Gasteiger charge is 2.59. The highest BCUT2D eigenvalue weighted by molar-refractivity contribution is 8.06. The number of hydrogen-bond acceptors (Lipinski definition) is 6. The Bertz CT molecular complexity index is 696. The Labute approximate surface area is 141 Å². The highest BCUT2D eigenvalue weighted by atomic mass is 32.2. The summed E-state index contributed by atoms with van der Waals surface area (Å²) >= 11 is 2.78. The highest BCUT2D eigenvalue weighted by Crippen LogP contribution is 2.50. The van der Waals surface area contributed by atoms with Gasteiger partial charge in [0.05, 0.1) is 29.3 Å². The van der Waals surface area contributed by atoms with Crippen molar-refractivity contribution in [2.24, 2.45) is 11.8 Å². The maximum atomic E-state index is 12.2. The van der Waals surface area contributed by atoms with Crippen LogP contribution in [0.25, 0.3) is 6.08 Å². The summed E-state index contributed by atoms with van der Waals surface area (Å²) in [6.45, 7) is 3.47. The zero-order valence-corrected chi connectivity index (χ0v) is 14.2. The molecule has 0 radical (unpaired) electrons. The molecular formula is C15H16N2O4S2. The number of amides is 1. The molecule has 3 rings (SSSR count). The van der Waals surface area contributed by atoms with Gasteiger partial charge in [-0.25, -0.2) is 9.78 Å². The first-order valence-electron chi connectivity index (χ1n) is 7.13. The van der Waals surface area contributed by atoms with Crippen molar-refractivity contribution in [1.82, 2.24) is 9.88 Å². The number of carboxylic acid groups (broad SMARTS) is 1. The first kappa shape index (κ1) is 16.2. The second-order valence-electron chi connectivity index (χ2n) is 5.61. The lowest BCUT2D eigenvalue weighted by Crippen LogP contribution is -2.63. The third-order valence-electron chi connectivity index (χ3n) is 4.20. The van der Waals surface area contributed by atoms with E-state index in [0.29, 0.717) is 4.91 Å². The predicted molar refractivity (Wildman–Crippen MR) is 88.4 cm³/mol. The third-order valence-corrected chi connectivity index (χ3v) is 5.89. The van der Waals surface area contributed by atoms with Gasteiger partial charge in [0.1, 0.15) is 5.70 Å². The molecule has 0 bridgehead atoms. The van der Waals surface area contributed by atoms with E-state index in [1.165, 1.54) is 28.0 Å². The monoisotopic (exact) mass is 352 g/mol. The van der Waals surface area contributed by atoms with Gasteiger partial charge < -0.3 is 15.1 Å². The summed E-state index contributed by atoms with van der Waals surface area (Å²) in [7, 11) is 0. The van der Waals surface area contributed by atoms with E-state index in [2.05, 4.69) is 4.98 Å². The summed E-state index contributed by atoms with van der Waals surface area (Å²) in [6.07, 6.45) is 1.03. The van der Waals surface area contributed by atoms with Crippen LogP contribution in [0.15, 0.2) is 26.9 Å². The van der Waals surface area contributed by atoms with Crippen molar-refractivity contribution in [3.63, 3.8) is 0 Å². The molecule has 2 aliphatic heterocycles. The van der Waals surface area contributed by atoms with Crippen LogP contribution < -0.4 is 0 Å². The van der Waals surface area contributed by atoms with E-state index in [4.69, 9.17) is 0 Å². The van der Waals surface area contributed by atoms with Crippen molar-refractivity contribution in [2.75, 3.05) is 0 Å². The van der Waals surface area contributed by atoms with Crippen molar-refractivity contribution in [2.45, 2.75) is 26.0 Å². The zero-order chi connectivity index (χ0) is 16.7. The van der Waals surface area contributed by atoms with E-state index in [9.17, 15) is 19.8 Å². The van der Waals surface area contributed by atoms with E-state index in [-0.39, 0.29) is 23.6 Å². The number of aliphatic carboxylic acids is 1. The van der Waals surface area contributed by atoms with Crippen LogP contribution >= 0.6 is 23.1 Å². The van der Waals surface area contributed by atoms with Gasteiger partial charge in [-0.05, 0) is 18.4 Å². The average Bonchev–Trinajstić information content (AvgIpc) is 3.05. The molecular weight excluding hydrogens is 336 g/mol. The van der Waals surface area contributed by atoms with Crippen LogP contribution in [-0.4, -0.2) is 44.1 Å². The molecule has 4 atom stereocenters. The van der Waals surface area contributed by atoms with Crippen LogP contribution in [0.4, 0.5) is 0 Å². The summed E-state index contributed by atoms with van der Waals surface area (Å²) in [4.78, 5) is 29.9. The van der Waals surface area contributed by atoms with Crippen LogP contribution in [0.3, 0.4) is 0 Å². The topological polar surface area (TPSA) is 90.7 Å². The fraction of sp³-hybridized carbons (Fsp3) is 0.400. The van der Waals surface area contributed by atoms with E-state index in [1.54, 1.807) is 17.8 Å². The molecule has 8 heteroatoms. The number of thioether (sulfide) groups is 1. The number of nitrogens with zero attached hydrogens (tertiary/aromatic N) is 2. The summed E-state index contributed by atoms with van der Waals surface area (Å²) < 4.78 is 0. The predicted octanol–water partition coefficient (Wildman–Crippen LogP) is 2.00. The maximum Gasteiger partial charge on any atom is 0.353 e. The van der Waals surface area contributed by atoms with Gasteiger partial charge in [0.2, 0.25) is 5.91 Å². The lowest BCUT2D eigenvalue weighted by atomic mass is 9.79. The van der Waals surface area contributed by atoms with E-state index in [1.807, 2.05) is 18.4 Å². The Hall–Kier alpha value is -1.64. The van der Waals surface area contributed by atoms with Crippen molar-refractivity contribution in [3.05, 3.63) is 32.6 Å². The number of aromatic nitrogens is 1. The van der Waals surface area contributed by atoms with E-state index >= 15 is 0 Å². The van der Waals surface area contributed by atoms with Gasteiger partial charge in [-0.2, -0.15) is 0 Å². The number of carboxylic acids is 1. The Morgan fingerprint density at radius 1 is 1.57 bits per heavy atom. The second kappa shape index (κ2) is 6.10. The summed E-state index contributed by atoms with van der Waals surface area (Å²) in [5, 5.41) is 22.9. The van der Waals surface area contributed by atoms with Crippen LogP contribution in [-0.2, 0) is 9.59 Å². The van der Waals surface area contributed by atoms with E-state index in [0.717, 1.165) is 5.69 Å². The SMILES string of the molecule is C[C@@H](O)[C@H]1C(=O)N2C(C(=O)O)=C(S/C=C\c3cscn3)[C@H](C)[C@H]12. The maximum absolute atomic E-state index is 12.2. The normalized spacial score (nSPS) is 28.2.